The first-order chi connectivity index (χ1) is 5.68. The predicted octanol–water partition coefficient (Wildman–Crippen LogP) is 3.55. The minimum absolute atomic E-state index is 0. The Hall–Kier alpha value is -0.450. The second kappa shape index (κ2) is 3.74. The Morgan fingerprint density at radius 1 is 1.54 bits per heavy atom. The third-order valence-corrected chi connectivity index (χ3v) is 2.42. The van der Waals surface area contributed by atoms with Crippen molar-refractivity contribution in [2.24, 2.45) is 0 Å². The molecule has 1 heterocycles. The molecule has 1 aliphatic carbocycles. The molecule has 0 aromatic carbocycles. The van der Waals surface area contributed by atoms with E-state index in [4.69, 9.17) is 0 Å². The molecule has 74 valence electrons. The van der Waals surface area contributed by atoms with Gasteiger partial charge in [-0.2, -0.15) is 5.10 Å². The Morgan fingerprint density at radius 2 is 2.15 bits per heavy atom. The van der Waals surface area contributed by atoms with Gasteiger partial charge in [0.25, 0.3) is 6.43 Å². The van der Waals surface area contributed by atoms with Crippen molar-refractivity contribution in [3.63, 3.8) is 0 Å². The van der Waals surface area contributed by atoms with Crippen LogP contribution >= 0.6 is 15.9 Å². The van der Waals surface area contributed by atoms with Gasteiger partial charge in [0, 0.05) is 0 Å². The third-order valence-electron chi connectivity index (χ3n) is 1.83. The molecule has 0 amide bonds. The smallest absolute Gasteiger partial charge is 0.255 e. The number of rotatable bonds is 2. The molecule has 2 nitrogen and oxygen atoms in total. The van der Waals surface area contributed by atoms with Gasteiger partial charge in [-0.25, -0.2) is 8.78 Å². The Balaban J connectivity index is 0.000000845. The van der Waals surface area contributed by atoms with Gasteiger partial charge in [0.2, 0.25) is 0 Å². The van der Waals surface area contributed by atoms with Crippen LogP contribution in [0.1, 0.15) is 38.4 Å². The number of halogens is 3. The monoisotopic (exact) mass is 252 g/mol. The number of alkyl halides is 2. The molecule has 0 aliphatic heterocycles. The van der Waals surface area contributed by atoms with Crippen LogP contribution in [-0.2, 0) is 0 Å². The van der Waals surface area contributed by atoms with E-state index in [9.17, 15) is 8.78 Å². The average Bonchev–Trinajstić information content (AvgIpc) is 2.75. The lowest BCUT2D eigenvalue weighted by molar-refractivity contribution is 0.145. The van der Waals surface area contributed by atoms with E-state index in [0.29, 0.717) is 10.6 Å². The Morgan fingerprint density at radius 3 is 2.54 bits per heavy atom. The van der Waals surface area contributed by atoms with Crippen LogP contribution in [0.15, 0.2) is 10.7 Å². The van der Waals surface area contributed by atoms with Crippen LogP contribution in [0, 0.1) is 0 Å². The van der Waals surface area contributed by atoms with E-state index in [2.05, 4.69) is 21.0 Å². The summed E-state index contributed by atoms with van der Waals surface area (Å²) in [5.41, 5.74) is -0.145. The summed E-state index contributed by atoms with van der Waals surface area (Å²) in [6.45, 7) is 0. The summed E-state index contributed by atoms with van der Waals surface area (Å²) in [5.74, 6) is 0. The van der Waals surface area contributed by atoms with E-state index in [1.165, 1.54) is 6.07 Å². The zero-order valence-corrected chi connectivity index (χ0v) is 7.76. The fraction of sp³-hybridized carbons (Fsp3) is 0.625. The Bertz CT molecular complexity index is 294. The van der Waals surface area contributed by atoms with E-state index in [1.807, 2.05) is 0 Å². The van der Waals surface area contributed by atoms with Crippen molar-refractivity contribution < 1.29 is 8.78 Å². The van der Waals surface area contributed by atoms with Gasteiger partial charge in [0.05, 0.1) is 6.04 Å². The highest BCUT2D eigenvalue weighted by Gasteiger charge is 2.27. The Kier molecular flexibility index (Phi) is 3.05. The lowest BCUT2D eigenvalue weighted by Gasteiger charge is -1.97. The number of nitrogens with zero attached hydrogens (tertiary/aromatic N) is 2. The van der Waals surface area contributed by atoms with Gasteiger partial charge in [-0.3, -0.25) is 4.68 Å². The summed E-state index contributed by atoms with van der Waals surface area (Å²) >= 11 is 3.19. The molecule has 1 aliphatic rings. The van der Waals surface area contributed by atoms with E-state index >= 15 is 0 Å². The molecule has 1 aromatic rings. The van der Waals surface area contributed by atoms with Crippen molar-refractivity contribution >= 4 is 15.9 Å². The fourth-order valence-electron chi connectivity index (χ4n) is 1.07. The first kappa shape index (κ1) is 10.6. The largest absolute Gasteiger partial charge is 0.282 e. The van der Waals surface area contributed by atoms with Gasteiger partial charge in [-0.1, -0.05) is 7.43 Å². The molecule has 2 rings (SSSR count). The molecule has 0 N–H and O–H groups in total. The van der Waals surface area contributed by atoms with Crippen LogP contribution in [-0.4, -0.2) is 9.78 Å². The molecule has 1 fully saturated rings. The summed E-state index contributed by atoms with van der Waals surface area (Å²) in [5, 5.41) is 3.79. The highest BCUT2D eigenvalue weighted by molar-refractivity contribution is 9.10. The molecule has 0 saturated heterocycles. The average molecular weight is 253 g/mol. The SMILES string of the molecule is C.FC(F)c1cc(Br)n(C2CC2)n1. The minimum Gasteiger partial charge on any atom is -0.255 e. The van der Waals surface area contributed by atoms with Crippen molar-refractivity contribution in [3.8, 4) is 0 Å². The second-order valence-electron chi connectivity index (χ2n) is 2.87. The summed E-state index contributed by atoms with van der Waals surface area (Å²) < 4.78 is 26.6. The van der Waals surface area contributed by atoms with Gasteiger partial charge in [0.1, 0.15) is 10.3 Å². The fourth-order valence-corrected chi connectivity index (χ4v) is 1.67. The van der Waals surface area contributed by atoms with Crippen molar-refractivity contribution in [2.75, 3.05) is 0 Å². The van der Waals surface area contributed by atoms with Gasteiger partial charge in [0.15, 0.2) is 0 Å². The maximum atomic E-state index is 12.1. The van der Waals surface area contributed by atoms with Crippen molar-refractivity contribution in [1.82, 2.24) is 9.78 Å². The van der Waals surface area contributed by atoms with Crippen LogP contribution < -0.4 is 0 Å². The summed E-state index contributed by atoms with van der Waals surface area (Å²) in [7, 11) is 0. The molecular weight excluding hydrogens is 242 g/mol. The normalized spacial score (nSPS) is 16.0. The van der Waals surface area contributed by atoms with E-state index in [1.54, 1.807) is 4.68 Å². The standard InChI is InChI=1S/C7H7BrF2N2.CH4/c8-6-3-5(7(9)10)11-12(6)4-1-2-4;/h3-4,7H,1-2H2;1H4. The summed E-state index contributed by atoms with van der Waals surface area (Å²) in [4.78, 5) is 0. The lowest BCUT2D eigenvalue weighted by atomic mass is 10.5. The zero-order chi connectivity index (χ0) is 8.72. The van der Waals surface area contributed by atoms with Crippen molar-refractivity contribution in [2.45, 2.75) is 32.7 Å². The molecule has 5 heteroatoms. The molecule has 0 radical (unpaired) electrons. The number of hydrogen-bond donors (Lipinski definition) is 0. The molecule has 1 saturated carbocycles. The van der Waals surface area contributed by atoms with Gasteiger partial charge in [-0.15, -0.1) is 0 Å². The molecule has 0 unspecified atom stereocenters. The highest BCUT2D eigenvalue weighted by Crippen LogP contribution is 2.37. The summed E-state index contributed by atoms with van der Waals surface area (Å²) in [6, 6.07) is 1.72. The number of aromatic nitrogens is 2. The van der Waals surface area contributed by atoms with E-state index in [-0.39, 0.29) is 13.1 Å². The first-order valence-electron chi connectivity index (χ1n) is 3.71. The van der Waals surface area contributed by atoms with Crippen molar-refractivity contribution in [3.05, 3.63) is 16.4 Å². The topological polar surface area (TPSA) is 17.8 Å². The zero-order valence-electron chi connectivity index (χ0n) is 6.17. The maximum absolute atomic E-state index is 12.1. The Labute approximate surface area is 84.1 Å². The third kappa shape index (κ3) is 2.07. The van der Waals surface area contributed by atoms with Crippen LogP contribution in [0.3, 0.4) is 0 Å². The van der Waals surface area contributed by atoms with Crippen LogP contribution in [0.4, 0.5) is 8.78 Å². The van der Waals surface area contributed by atoms with E-state index in [0.717, 1.165) is 12.8 Å². The number of hydrogen-bond acceptors (Lipinski definition) is 1. The minimum atomic E-state index is -2.47. The molecular formula is C8H11BrF2N2. The molecule has 0 bridgehead atoms. The lowest BCUT2D eigenvalue weighted by Crippen LogP contribution is -1.97. The molecule has 0 atom stereocenters. The van der Waals surface area contributed by atoms with Gasteiger partial charge >= 0.3 is 0 Å². The molecule has 13 heavy (non-hydrogen) atoms. The summed E-state index contributed by atoms with van der Waals surface area (Å²) in [6.07, 6.45) is -0.382. The van der Waals surface area contributed by atoms with Crippen molar-refractivity contribution in [1.29, 1.82) is 0 Å². The van der Waals surface area contributed by atoms with E-state index < -0.39 is 6.43 Å². The maximum Gasteiger partial charge on any atom is 0.282 e. The predicted molar refractivity (Wildman–Crippen MR) is 49.9 cm³/mol. The first-order valence-corrected chi connectivity index (χ1v) is 4.51. The van der Waals surface area contributed by atoms with Crippen LogP contribution in [0.25, 0.3) is 0 Å². The highest BCUT2D eigenvalue weighted by atomic mass is 79.9. The van der Waals surface area contributed by atoms with Gasteiger partial charge < -0.3 is 0 Å². The molecule has 0 spiro atoms. The quantitative estimate of drug-likeness (QED) is 0.787. The second-order valence-corrected chi connectivity index (χ2v) is 3.68. The van der Waals surface area contributed by atoms with Gasteiger partial charge in [-0.05, 0) is 34.8 Å². The van der Waals surface area contributed by atoms with Crippen LogP contribution in [0.5, 0.6) is 0 Å². The van der Waals surface area contributed by atoms with Crippen LogP contribution in [0.2, 0.25) is 0 Å². The molecule has 1 aromatic heterocycles.